The quantitative estimate of drug-likeness (QED) is 0.510. The lowest BCUT2D eigenvalue weighted by Gasteiger charge is -2.07. The van der Waals surface area contributed by atoms with E-state index in [2.05, 4.69) is 5.32 Å². The van der Waals surface area contributed by atoms with Crippen LogP contribution in [0, 0.1) is 0 Å². The summed E-state index contributed by atoms with van der Waals surface area (Å²) in [7, 11) is 0. The van der Waals surface area contributed by atoms with E-state index in [9.17, 15) is 14.7 Å². The van der Waals surface area contributed by atoms with Crippen molar-refractivity contribution in [2.24, 2.45) is 0 Å². The molecule has 5 nitrogen and oxygen atoms in total. The molecule has 0 aliphatic carbocycles. The molecule has 21 heavy (non-hydrogen) atoms. The highest BCUT2D eigenvalue weighted by atomic mass is 27.0. The molecule has 2 N–H and O–H groups in total. The van der Waals surface area contributed by atoms with Gasteiger partial charge in [0.05, 0.1) is 0 Å². The number of para-hydroxylation sites is 1. The zero-order valence-corrected chi connectivity index (χ0v) is 10.8. The monoisotopic (exact) mass is 301 g/mol. The van der Waals surface area contributed by atoms with Crippen molar-refractivity contribution < 1.29 is 19.4 Å². The van der Waals surface area contributed by atoms with Crippen LogP contribution in [0.5, 0.6) is 11.5 Å². The first-order chi connectivity index (χ1) is 9.56. The molecule has 0 saturated heterocycles. The molecule has 0 aliphatic heterocycles. The Morgan fingerprint density at radius 2 is 1.67 bits per heavy atom. The van der Waals surface area contributed by atoms with E-state index in [4.69, 9.17) is 4.74 Å². The van der Waals surface area contributed by atoms with E-state index in [1.807, 2.05) is 0 Å². The summed E-state index contributed by atoms with van der Waals surface area (Å²) in [5.41, 5.74) is 0.707. The first-order valence-electron chi connectivity index (χ1n) is 5.94. The minimum Gasteiger partial charge on any atom is -0.507 e. The van der Waals surface area contributed by atoms with Crippen LogP contribution in [0.25, 0.3) is 0 Å². The Hall–Kier alpha value is -2.29. The lowest BCUT2D eigenvalue weighted by atomic mass is 10.2. The van der Waals surface area contributed by atoms with Gasteiger partial charge in [-0.2, -0.15) is 0 Å². The number of carbonyl (C=O) groups is 2. The number of rotatable bonds is 3. The molecule has 0 heterocycles. The van der Waals surface area contributed by atoms with Crippen LogP contribution in [0.4, 0.5) is 5.69 Å². The molecule has 0 atom stereocenters. The maximum absolute atomic E-state index is 11.8. The maximum atomic E-state index is 11.8. The summed E-state index contributed by atoms with van der Waals surface area (Å²) in [6, 6.07) is 12.5. The van der Waals surface area contributed by atoms with Gasteiger partial charge in [0, 0.05) is 12.6 Å². The van der Waals surface area contributed by atoms with E-state index >= 15 is 0 Å². The molecule has 0 spiro atoms. The van der Waals surface area contributed by atoms with Crippen molar-refractivity contribution in [2.75, 3.05) is 5.32 Å². The van der Waals surface area contributed by atoms with Gasteiger partial charge in [-0.05, 0) is 36.4 Å². The SMILES string of the molecule is CC(=O)Nc1ccc(OC(=O)c2ccccc2O)cc1.[AlH3]. The fraction of sp³-hybridized carbons (Fsp3) is 0.0667. The average molecular weight is 301 g/mol. The Labute approximate surface area is 132 Å². The van der Waals surface area contributed by atoms with Crippen LogP contribution < -0.4 is 10.1 Å². The number of anilines is 1. The summed E-state index contributed by atoms with van der Waals surface area (Å²) in [6.07, 6.45) is 0. The van der Waals surface area contributed by atoms with E-state index in [0.29, 0.717) is 11.4 Å². The molecule has 2 rings (SSSR count). The minimum atomic E-state index is -0.643. The Bertz CT molecular complexity index is 640. The van der Waals surface area contributed by atoms with Gasteiger partial charge in [0.15, 0.2) is 17.4 Å². The third kappa shape index (κ3) is 4.64. The van der Waals surface area contributed by atoms with Crippen LogP contribution >= 0.6 is 0 Å². The van der Waals surface area contributed by atoms with Crippen LogP contribution in [0.1, 0.15) is 17.3 Å². The number of amides is 1. The number of carbonyl (C=O) groups excluding carboxylic acids is 2. The molecule has 2 aromatic rings. The number of hydrogen-bond acceptors (Lipinski definition) is 4. The molecule has 0 fully saturated rings. The molecule has 0 unspecified atom stereocenters. The van der Waals surface area contributed by atoms with Gasteiger partial charge in [-0.15, -0.1) is 0 Å². The zero-order valence-electron chi connectivity index (χ0n) is 10.8. The summed E-state index contributed by atoms with van der Waals surface area (Å²) in [5, 5.41) is 12.2. The summed E-state index contributed by atoms with van der Waals surface area (Å²) >= 11 is 0. The number of phenolic OH excluding ortho intramolecular Hbond substituents is 1. The average Bonchev–Trinajstić information content (AvgIpc) is 2.41. The van der Waals surface area contributed by atoms with Gasteiger partial charge in [0.2, 0.25) is 5.91 Å². The fourth-order valence-electron chi connectivity index (χ4n) is 1.62. The van der Waals surface area contributed by atoms with Gasteiger partial charge in [-0.25, -0.2) is 4.79 Å². The van der Waals surface area contributed by atoms with Crippen molar-refractivity contribution in [1.82, 2.24) is 0 Å². The Balaban J connectivity index is 0.00000220. The number of phenols is 1. The molecular formula is C15H16AlNO4. The number of aromatic hydroxyl groups is 1. The van der Waals surface area contributed by atoms with Gasteiger partial charge in [-0.1, -0.05) is 12.1 Å². The first kappa shape index (κ1) is 16.8. The van der Waals surface area contributed by atoms with Gasteiger partial charge in [0.25, 0.3) is 0 Å². The number of nitrogens with one attached hydrogen (secondary N) is 1. The second-order valence-corrected chi connectivity index (χ2v) is 4.11. The summed E-state index contributed by atoms with van der Waals surface area (Å²) in [5.74, 6) is -0.626. The number of esters is 1. The largest absolute Gasteiger partial charge is 0.507 e. The first-order valence-corrected chi connectivity index (χ1v) is 5.94. The van der Waals surface area contributed by atoms with E-state index in [-0.39, 0.29) is 34.6 Å². The molecule has 0 aromatic heterocycles. The molecule has 0 aliphatic rings. The number of hydrogen-bond donors (Lipinski definition) is 2. The van der Waals surface area contributed by atoms with E-state index in [1.54, 1.807) is 36.4 Å². The topological polar surface area (TPSA) is 75.6 Å². The van der Waals surface area contributed by atoms with E-state index in [0.717, 1.165) is 0 Å². The molecule has 0 saturated carbocycles. The Kier molecular flexibility index (Phi) is 5.97. The highest BCUT2D eigenvalue weighted by Gasteiger charge is 2.12. The molecule has 0 radical (unpaired) electrons. The third-order valence-corrected chi connectivity index (χ3v) is 2.51. The normalized spacial score (nSPS) is 9.38. The van der Waals surface area contributed by atoms with Crippen LogP contribution in [0.3, 0.4) is 0 Å². The van der Waals surface area contributed by atoms with Gasteiger partial charge in [0.1, 0.15) is 17.1 Å². The lowest BCUT2D eigenvalue weighted by molar-refractivity contribution is -0.114. The lowest BCUT2D eigenvalue weighted by Crippen LogP contribution is -2.09. The van der Waals surface area contributed by atoms with Crippen LogP contribution in [-0.4, -0.2) is 34.3 Å². The van der Waals surface area contributed by atoms with Crippen molar-refractivity contribution in [1.29, 1.82) is 0 Å². The highest BCUT2D eigenvalue weighted by molar-refractivity contribution is 5.94. The van der Waals surface area contributed by atoms with Crippen LogP contribution in [0.2, 0.25) is 0 Å². The van der Waals surface area contributed by atoms with Crippen molar-refractivity contribution in [3.63, 3.8) is 0 Å². The Morgan fingerprint density at radius 1 is 1.05 bits per heavy atom. The Morgan fingerprint density at radius 3 is 2.24 bits per heavy atom. The summed E-state index contributed by atoms with van der Waals surface area (Å²) in [6.45, 7) is 1.41. The molecule has 1 amide bonds. The summed E-state index contributed by atoms with van der Waals surface area (Å²) < 4.78 is 5.13. The smallest absolute Gasteiger partial charge is 0.347 e. The molecular weight excluding hydrogens is 285 g/mol. The van der Waals surface area contributed by atoms with E-state index in [1.165, 1.54) is 19.1 Å². The van der Waals surface area contributed by atoms with Crippen molar-refractivity contribution in [3.05, 3.63) is 54.1 Å². The fourth-order valence-corrected chi connectivity index (χ4v) is 1.62. The van der Waals surface area contributed by atoms with Crippen molar-refractivity contribution >= 4 is 34.9 Å². The third-order valence-electron chi connectivity index (χ3n) is 2.51. The predicted molar refractivity (Wildman–Crippen MR) is 83.8 cm³/mol. The molecule has 0 bridgehead atoms. The second kappa shape index (κ2) is 7.48. The van der Waals surface area contributed by atoms with Gasteiger partial charge < -0.3 is 15.2 Å². The van der Waals surface area contributed by atoms with Crippen LogP contribution in [-0.2, 0) is 4.79 Å². The molecule has 108 valence electrons. The van der Waals surface area contributed by atoms with Gasteiger partial charge >= 0.3 is 5.97 Å². The summed E-state index contributed by atoms with van der Waals surface area (Å²) in [4.78, 5) is 22.7. The van der Waals surface area contributed by atoms with Crippen molar-refractivity contribution in [2.45, 2.75) is 6.92 Å². The number of ether oxygens (including phenoxy) is 1. The van der Waals surface area contributed by atoms with E-state index < -0.39 is 5.97 Å². The minimum absolute atomic E-state index is 0. The molecule has 6 heteroatoms. The maximum Gasteiger partial charge on any atom is 0.347 e. The standard InChI is InChI=1S/C15H13NO4.Al.3H/c1-10(17)16-11-6-8-12(9-7-11)20-15(19)13-4-2-3-5-14(13)18;;;;/h2-9,18H,1H3,(H,16,17);;;;. The molecule has 2 aromatic carbocycles. The van der Waals surface area contributed by atoms with Crippen LogP contribution in [0.15, 0.2) is 48.5 Å². The predicted octanol–water partition coefficient (Wildman–Crippen LogP) is 1.39. The number of benzene rings is 2. The second-order valence-electron chi connectivity index (χ2n) is 4.11. The van der Waals surface area contributed by atoms with Gasteiger partial charge in [-0.3, -0.25) is 4.79 Å². The van der Waals surface area contributed by atoms with Crippen molar-refractivity contribution in [3.8, 4) is 11.5 Å². The highest BCUT2D eigenvalue weighted by Crippen LogP contribution is 2.20. The zero-order chi connectivity index (χ0) is 14.5.